The number of nitrogens with zero attached hydrogens (tertiary/aromatic N) is 2. The molecule has 0 N–H and O–H groups in total. The van der Waals surface area contributed by atoms with Gasteiger partial charge in [-0.25, -0.2) is 0 Å². The molecule has 0 radical (unpaired) electrons. The second kappa shape index (κ2) is 4.24. The minimum absolute atomic E-state index is 0.452. The molecule has 16 heavy (non-hydrogen) atoms. The van der Waals surface area contributed by atoms with Crippen LogP contribution in [0.5, 0.6) is 0 Å². The minimum Gasteiger partial charge on any atom is -0.318 e. The summed E-state index contributed by atoms with van der Waals surface area (Å²) >= 11 is 0. The van der Waals surface area contributed by atoms with Crippen molar-refractivity contribution in [2.45, 2.75) is 20.3 Å². The van der Waals surface area contributed by atoms with Crippen LogP contribution < -0.4 is 0 Å². The van der Waals surface area contributed by atoms with Crippen molar-refractivity contribution in [3.63, 3.8) is 0 Å². The van der Waals surface area contributed by atoms with E-state index in [4.69, 9.17) is 5.26 Å². The second-order valence-corrected chi connectivity index (χ2v) is 3.92. The third-order valence-electron chi connectivity index (χ3n) is 2.77. The SMILES string of the molecule is Cc1ccc(C)n1-c1ccccc1CC#N. The number of aromatic nitrogens is 1. The monoisotopic (exact) mass is 210 g/mol. The van der Waals surface area contributed by atoms with E-state index in [0.29, 0.717) is 6.42 Å². The summed E-state index contributed by atoms with van der Waals surface area (Å²) in [6, 6.07) is 14.5. The van der Waals surface area contributed by atoms with Gasteiger partial charge in [0.15, 0.2) is 0 Å². The van der Waals surface area contributed by atoms with E-state index in [-0.39, 0.29) is 0 Å². The maximum absolute atomic E-state index is 8.82. The Bertz CT molecular complexity index is 525. The lowest BCUT2D eigenvalue weighted by Gasteiger charge is -2.12. The van der Waals surface area contributed by atoms with Gasteiger partial charge in [0.25, 0.3) is 0 Å². The molecule has 80 valence electrons. The summed E-state index contributed by atoms with van der Waals surface area (Å²) in [5.74, 6) is 0. The number of benzene rings is 1. The Morgan fingerprint density at radius 2 is 1.69 bits per heavy atom. The molecule has 0 amide bonds. The van der Waals surface area contributed by atoms with Crippen LogP contribution in [0.15, 0.2) is 36.4 Å². The summed E-state index contributed by atoms with van der Waals surface area (Å²) in [6.45, 7) is 4.16. The highest BCUT2D eigenvalue weighted by atomic mass is 15.0. The molecule has 0 saturated carbocycles. The zero-order chi connectivity index (χ0) is 11.5. The maximum atomic E-state index is 8.82. The summed E-state index contributed by atoms with van der Waals surface area (Å²) in [6.07, 6.45) is 0.452. The highest BCUT2D eigenvalue weighted by molar-refractivity contribution is 5.45. The third-order valence-corrected chi connectivity index (χ3v) is 2.77. The number of aryl methyl sites for hydroxylation is 2. The molecular formula is C14H14N2. The van der Waals surface area contributed by atoms with Gasteiger partial charge in [-0.05, 0) is 37.6 Å². The van der Waals surface area contributed by atoms with Gasteiger partial charge in [-0.2, -0.15) is 5.26 Å². The number of para-hydroxylation sites is 1. The molecule has 1 aromatic heterocycles. The topological polar surface area (TPSA) is 28.7 Å². The van der Waals surface area contributed by atoms with E-state index in [0.717, 1.165) is 11.3 Å². The van der Waals surface area contributed by atoms with E-state index in [2.05, 4.69) is 42.7 Å². The summed E-state index contributed by atoms with van der Waals surface area (Å²) < 4.78 is 2.19. The van der Waals surface area contributed by atoms with Gasteiger partial charge in [0.05, 0.1) is 12.5 Å². The Balaban J connectivity index is 2.60. The first kappa shape index (κ1) is 10.5. The van der Waals surface area contributed by atoms with E-state index in [1.54, 1.807) is 0 Å². The second-order valence-electron chi connectivity index (χ2n) is 3.92. The van der Waals surface area contributed by atoms with Crippen LogP contribution in [0, 0.1) is 25.2 Å². The van der Waals surface area contributed by atoms with Crippen LogP contribution in [0.3, 0.4) is 0 Å². The third kappa shape index (κ3) is 1.72. The van der Waals surface area contributed by atoms with Gasteiger partial charge in [-0.1, -0.05) is 18.2 Å². The predicted molar refractivity (Wildman–Crippen MR) is 64.6 cm³/mol. The van der Waals surface area contributed by atoms with Gasteiger partial charge in [0.1, 0.15) is 0 Å². The van der Waals surface area contributed by atoms with Gasteiger partial charge in [-0.15, -0.1) is 0 Å². The molecular weight excluding hydrogens is 196 g/mol. The normalized spacial score (nSPS) is 10.1. The molecule has 0 spiro atoms. The van der Waals surface area contributed by atoms with Crippen molar-refractivity contribution >= 4 is 0 Å². The summed E-state index contributed by atoms with van der Waals surface area (Å²) in [5, 5.41) is 8.82. The van der Waals surface area contributed by atoms with Crippen LogP contribution in [-0.4, -0.2) is 4.57 Å². The van der Waals surface area contributed by atoms with Crippen LogP contribution in [0.25, 0.3) is 5.69 Å². The van der Waals surface area contributed by atoms with Gasteiger partial charge in [0.2, 0.25) is 0 Å². The first-order chi connectivity index (χ1) is 7.74. The fourth-order valence-electron chi connectivity index (χ4n) is 2.01. The van der Waals surface area contributed by atoms with Crippen LogP contribution in [0.4, 0.5) is 0 Å². The van der Waals surface area contributed by atoms with E-state index in [1.807, 2.05) is 18.2 Å². The largest absolute Gasteiger partial charge is 0.318 e. The van der Waals surface area contributed by atoms with E-state index in [1.165, 1.54) is 11.4 Å². The minimum atomic E-state index is 0.452. The number of rotatable bonds is 2. The van der Waals surface area contributed by atoms with Crippen molar-refractivity contribution in [3.05, 3.63) is 53.3 Å². The van der Waals surface area contributed by atoms with Crippen LogP contribution in [0.2, 0.25) is 0 Å². The highest BCUT2D eigenvalue weighted by Gasteiger charge is 2.07. The first-order valence-electron chi connectivity index (χ1n) is 5.34. The van der Waals surface area contributed by atoms with Crippen LogP contribution in [-0.2, 0) is 6.42 Å². The number of hydrogen-bond donors (Lipinski definition) is 0. The molecule has 0 aliphatic heterocycles. The quantitative estimate of drug-likeness (QED) is 0.748. The molecule has 0 unspecified atom stereocenters. The molecule has 1 heterocycles. The fourth-order valence-corrected chi connectivity index (χ4v) is 2.01. The van der Waals surface area contributed by atoms with Crippen molar-refractivity contribution in [2.75, 3.05) is 0 Å². The average Bonchev–Trinajstić information content (AvgIpc) is 2.60. The van der Waals surface area contributed by atoms with Crippen molar-refractivity contribution in [3.8, 4) is 11.8 Å². The average molecular weight is 210 g/mol. The van der Waals surface area contributed by atoms with Crippen molar-refractivity contribution in [2.24, 2.45) is 0 Å². The summed E-state index contributed by atoms with van der Waals surface area (Å²) in [5.41, 5.74) is 4.59. The molecule has 2 nitrogen and oxygen atoms in total. The number of nitriles is 1. The first-order valence-corrected chi connectivity index (χ1v) is 5.34. The molecule has 0 atom stereocenters. The van der Waals surface area contributed by atoms with Gasteiger partial charge in [-0.3, -0.25) is 0 Å². The Hall–Kier alpha value is -2.01. The Kier molecular flexibility index (Phi) is 2.78. The zero-order valence-corrected chi connectivity index (χ0v) is 9.57. The summed E-state index contributed by atoms with van der Waals surface area (Å²) in [4.78, 5) is 0. The molecule has 0 aliphatic rings. The zero-order valence-electron chi connectivity index (χ0n) is 9.57. The lowest BCUT2D eigenvalue weighted by atomic mass is 10.1. The molecule has 2 aromatic rings. The molecule has 0 fully saturated rings. The lowest BCUT2D eigenvalue weighted by molar-refractivity contribution is 0.948. The van der Waals surface area contributed by atoms with Gasteiger partial charge in [0, 0.05) is 17.1 Å². The summed E-state index contributed by atoms with van der Waals surface area (Å²) in [7, 11) is 0. The fraction of sp³-hybridized carbons (Fsp3) is 0.214. The Labute approximate surface area is 95.8 Å². The van der Waals surface area contributed by atoms with Gasteiger partial charge >= 0.3 is 0 Å². The van der Waals surface area contributed by atoms with Crippen LogP contribution in [0.1, 0.15) is 17.0 Å². The van der Waals surface area contributed by atoms with Gasteiger partial charge < -0.3 is 4.57 Å². The lowest BCUT2D eigenvalue weighted by Crippen LogP contribution is -2.02. The molecule has 2 heteroatoms. The molecule has 0 aliphatic carbocycles. The van der Waals surface area contributed by atoms with Crippen molar-refractivity contribution < 1.29 is 0 Å². The van der Waals surface area contributed by atoms with E-state index < -0.39 is 0 Å². The highest BCUT2D eigenvalue weighted by Crippen LogP contribution is 2.20. The van der Waals surface area contributed by atoms with E-state index in [9.17, 15) is 0 Å². The Morgan fingerprint density at radius 1 is 1.06 bits per heavy atom. The molecule has 0 bridgehead atoms. The number of hydrogen-bond acceptors (Lipinski definition) is 1. The van der Waals surface area contributed by atoms with Crippen molar-refractivity contribution in [1.29, 1.82) is 5.26 Å². The molecule has 1 aromatic carbocycles. The van der Waals surface area contributed by atoms with Crippen molar-refractivity contribution in [1.82, 2.24) is 4.57 Å². The standard InChI is InChI=1S/C14H14N2/c1-11-7-8-12(2)16(11)14-6-4-3-5-13(14)9-10-15/h3-8H,9H2,1-2H3. The van der Waals surface area contributed by atoms with Crippen LogP contribution >= 0.6 is 0 Å². The smallest absolute Gasteiger partial charge is 0.0670 e. The Morgan fingerprint density at radius 3 is 2.31 bits per heavy atom. The predicted octanol–water partition coefficient (Wildman–Crippen LogP) is 3.16. The maximum Gasteiger partial charge on any atom is 0.0670 e. The van der Waals surface area contributed by atoms with E-state index >= 15 is 0 Å². The molecule has 0 saturated heterocycles. The molecule has 2 rings (SSSR count).